The van der Waals surface area contributed by atoms with Gasteiger partial charge in [0.2, 0.25) is 0 Å². The average Bonchev–Trinajstić information content (AvgIpc) is 3.41. The molecule has 0 bridgehead atoms. The third-order valence-corrected chi connectivity index (χ3v) is 5.63. The average molecular weight is 421 g/mol. The van der Waals surface area contributed by atoms with Crippen molar-refractivity contribution >= 4 is 23.1 Å². The fourth-order valence-electron chi connectivity index (χ4n) is 2.46. The van der Waals surface area contributed by atoms with Gasteiger partial charge in [0.25, 0.3) is 0 Å². The Bertz CT molecular complexity index is 1050. The van der Waals surface area contributed by atoms with Crippen LogP contribution in [0.3, 0.4) is 0 Å². The Kier molecular flexibility index (Phi) is 5.30. The van der Waals surface area contributed by atoms with Crippen LogP contribution in [0.15, 0.2) is 46.9 Å². The zero-order valence-electron chi connectivity index (χ0n) is 14.4. The summed E-state index contributed by atoms with van der Waals surface area (Å²) in [7, 11) is 1.90. The first-order chi connectivity index (χ1) is 13.6. The van der Waals surface area contributed by atoms with E-state index in [9.17, 15) is 8.78 Å². The van der Waals surface area contributed by atoms with Crippen LogP contribution in [0.25, 0.3) is 16.4 Å². The molecule has 0 aliphatic rings. The van der Waals surface area contributed by atoms with E-state index in [1.54, 1.807) is 23.5 Å². The number of ether oxygens (including phenoxy) is 1. The van der Waals surface area contributed by atoms with Crippen LogP contribution in [-0.2, 0) is 12.8 Å². The van der Waals surface area contributed by atoms with Crippen molar-refractivity contribution in [1.82, 2.24) is 35.0 Å². The molecule has 0 radical (unpaired) electrons. The molecule has 3 aromatic heterocycles. The molecule has 4 rings (SSSR count). The van der Waals surface area contributed by atoms with E-state index in [-0.39, 0.29) is 5.75 Å². The minimum absolute atomic E-state index is 0.0722. The predicted octanol–water partition coefficient (Wildman–Crippen LogP) is 3.41. The van der Waals surface area contributed by atoms with Crippen molar-refractivity contribution in [3.63, 3.8) is 0 Å². The third kappa shape index (κ3) is 3.87. The molecule has 28 heavy (non-hydrogen) atoms. The molecule has 144 valence electrons. The van der Waals surface area contributed by atoms with E-state index in [1.165, 1.54) is 28.6 Å². The second-order valence-corrected chi connectivity index (χ2v) is 7.40. The first-order valence-electron chi connectivity index (χ1n) is 8.00. The summed E-state index contributed by atoms with van der Waals surface area (Å²) in [4.78, 5) is 1.04. The molecule has 4 aromatic rings. The molecule has 0 aliphatic carbocycles. The van der Waals surface area contributed by atoms with Gasteiger partial charge in [0.1, 0.15) is 5.75 Å². The van der Waals surface area contributed by atoms with E-state index < -0.39 is 6.61 Å². The van der Waals surface area contributed by atoms with Gasteiger partial charge >= 0.3 is 6.61 Å². The van der Waals surface area contributed by atoms with Crippen LogP contribution in [0.2, 0.25) is 0 Å². The summed E-state index contributed by atoms with van der Waals surface area (Å²) in [6.45, 7) is -2.86. The highest BCUT2D eigenvalue weighted by Crippen LogP contribution is 2.27. The van der Waals surface area contributed by atoms with Crippen LogP contribution in [0.4, 0.5) is 8.78 Å². The largest absolute Gasteiger partial charge is 0.435 e. The van der Waals surface area contributed by atoms with Crippen LogP contribution in [-0.4, -0.2) is 41.6 Å². The standard InChI is InChI=1S/C16H13F2N7OS2/c1-24-14(12-3-2-8-27-12)20-21-16(24)28-9-13-19-22-23-25(13)10-4-6-11(7-5-10)26-15(17)18/h2-8,15H,9H2,1H3. The molecule has 0 fully saturated rings. The van der Waals surface area contributed by atoms with E-state index in [0.29, 0.717) is 17.3 Å². The first-order valence-corrected chi connectivity index (χ1v) is 9.87. The summed E-state index contributed by atoms with van der Waals surface area (Å²) >= 11 is 3.05. The topological polar surface area (TPSA) is 83.5 Å². The van der Waals surface area contributed by atoms with Crippen molar-refractivity contribution in [2.24, 2.45) is 7.05 Å². The lowest BCUT2D eigenvalue weighted by Gasteiger charge is -2.07. The Balaban J connectivity index is 1.48. The minimum atomic E-state index is -2.86. The highest BCUT2D eigenvalue weighted by atomic mass is 32.2. The summed E-state index contributed by atoms with van der Waals surface area (Å²) < 4.78 is 32.3. The Labute approximate surface area is 166 Å². The zero-order valence-corrected chi connectivity index (χ0v) is 16.1. The van der Waals surface area contributed by atoms with Crippen molar-refractivity contribution in [1.29, 1.82) is 0 Å². The van der Waals surface area contributed by atoms with Gasteiger partial charge < -0.3 is 9.30 Å². The maximum absolute atomic E-state index is 12.3. The second-order valence-electron chi connectivity index (χ2n) is 5.51. The van der Waals surface area contributed by atoms with E-state index in [0.717, 1.165) is 15.9 Å². The van der Waals surface area contributed by atoms with Gasteiger partial charge in [0.05, 0.1) is 16.3 Å². The molecule has 0 atom stereocenters. The molecule has 0 amide bonds. The molecular weight excluding hydrogens is 408 g/mol. The van der Waals surface area contributed by atoms with Gasteiger partial charge in [0.15, 0.2) is 16.8 Å². The molecule has 1 aromatic carbocycles. The van der Waals surface area contributed by atoms with Crippen LogP contribution in [0.5, 0.6) is 5.75 Å². The molecular formula is C16H13F2N7OS2. The maximum atomic E-state index is 12.3. The molecule has 0 aliphatic heterocycles. The van der Waals surface area contributed by atoms with Gasteiger partial charge in [-0.15, -0.1) is 26.6 Å². The fraction of sp³-hybridized carbons (Fsp3) is 0.188. The number of aromatic nitrogens is 7. The number of thiophene rings is 1. The number of halogens is 2. The Morgan fingerprint density at radius 2 is 1.96 bits per heavy atom. The predicted molar refractivity (Wildman–Crippen MR) is 99.7 cm³/mol. The monoisotopic (exact) mass is 421 g/mol. The van der Waals surface area contributed by atoms with E-state index in [2.05, 4.69) is 30.5 Å². The Hall–Kier alpha value is -2.86. The molecule has 3 heterocycles. The highest BCUT2D eigenvalue weighted by Gasteiger charge is 2.15. The summed E-state index contributed by atoms with van der Waals surface area (Å²) in [5, 5.41) is 22.9. The van der Waals surface area contributed by atoms with Crippen molar-refractivity contribution in [3.05, 3.63) is 47.6 Å². The van der Waals surface area contributed by atoms with Gasteiger partial charge in [0, 0.05) is 7.05 Å². The normalized spacial score (nSPS) is 11.3. The summed E-state index contributed by atoms with van der Waals surface area (Å²) in [5.74, 6) is 1.92. The van der Waals surface area contributed by atoms with Gasteiger partial charge in [-0.2, -0.15) is 13.5 Å². The molecule has 0 spiro atoms. The Morgan fingerprint density at radius 3 is 2.68 bits per heavy atom. The number of thioether (sulfide) groups is 1. The molecule has 0 saturated carbocycles. The van der Waals surface area contributed by atoms with Gasteiger partial charge in [-0.25, -0.2) is 0 Å². The maximum Gasteiger partial charge on any atom is 0.387 e. The fourth-order valence-corrected chi connectivity index (χ4v) is 4.02. The van der Waals surface area contributed by atoms with Crippen LogP contribution in [0, 0.1) is 0 Å². The van der Waals surface area contributed by atoms with E-state index >= 15 is 0 Å². The van der Waals surface area contributed by atoms with Crippen molar-refractivity contribution in [2.45, 2.75) is 17.5 Å². The van der Waals surface area contributed by atoms with Gasteiger partial charge in [-0.3, -0.25) is 0 Å². The van der Waals surface area contributed by atoms with Crippen LogP contribution < -0.4 is 4.74 Å². The molecule has 0 N–H and O–H groups in total. The Morgan fingerprint density at radius 1 is 1.14 bits per heavy atom. The number of rotatable bonds is 7. The van der Waals surface area contributed by atoms with E-state index in [1.807, 2.05) is 29.1 Å². The van der Waals surface area contributed by atoms with E-state index in [4.69, 9.17) is 0 Å². The smallest absolute Gasteiger partial charge is 0.387 e. The van der Waals surface area contributed by atoms with Crippen LogP contribution in [0.1, 0.15) is 5.82 Å². The van der Waals surface area contributed by atoms with Crippen molar-refractivity contribution < 1.29 is 13.5 Å². The molecule has 0 saturated heterocycles. The highest BCUT2D eigenvalue weighted by molar-refractivity contribution is 7.98. The number of hydrogen-bond acceptors (Lipinski definition) is 8. The van der Waals surface area contributed by atoms with Gasteiger partial charge in [-0.05, 0) is 46.1 Å². The SMILES string of the molecule is Cn1c(SCc2nnnn2-c2ccc(OC(F)F)cc2)nnc1-c1cccs1. The number of alkyl halides is 2. The zero-order chi connectivity index (χ0) is 19.5. The number of hydrogen-bond donors (Lipinski definition) is 0. The van der Waals surface area contributed by atoms with Crippen molar-refractivity contribution in [2.75, 3.05) is 0 Å². The summed E-state index contributed by atoms with van der Waals surface area (Å²) in [5.41, 5.74) is 0.638. The molecule has 12 heteroatoms. The lowest BCUT2D eigenvalue weighted by molar-refractivity contribution is -0.0498. The lowest BCUT2D eigenvalue weighted by Crippen LogP contribution is -2.04. The second kappa shape index (κ2) is 8.02. The number of benzene rings is 1. The molecule has 0 unspecified atom stereocenters. The quantitative estimate of drug-likeness (QED) is 0.423. The molecule has 8 nitrogen and oxygen atoms in total. The number of tetrazole rings is 1. The lowest BCUT2D eigenvalue weighted by atomic mass is 10.3. The van der Waals surface area contributed by atoms with Crippen LogP contribution >= 0.6 is 23.1 Å². The summed E-state index contributed by atoms with van der Waals surface area (Å²) in [6, 6.07) is 10.1. The van der Waals surface area contributed by atoms with Crippen molar-refractivity contribution in [3.8, 4) is 22.1 Å². The summed E-state index contributed by atoms with van der Waals surface area (Å²) in [6.07, 6.45) is 0. The number of nitrogens with zero attached hydrogens (tertiary/aromatic N) is 7. The van der Waals surface area contributed by atoms with Gasteiger partial charge in [-0.1, -0.05) is 17.8 Å². The first kappa shape index (κ1) is 18.5. The third-order valence-electron chi connectivity index (χ3n) is 3.75. The minimum Gasteiger partial charge on any atom is -0.435 e.